The number of allylic oxidation sites excluding steroid dienone is 2. The first-order valence-corrected chi connectivity index (χ1v) is 5.43. The predicted octanol–water partition coefficient (Wildman–Crippen LogP) is 2.75. The van der Waals surface area contributed by atoms with Gasteiger partial charge in [0.25, 0.3) is 0 Å². The van der Waals surface area contributed by atoms with Gasteiger partial charge in [0.15, 0.2) is 0 Å². The zero-order chi connectivity index (χ0) is 9.42. The number of rotatable bonds is 0. The van der Waals surface area contributed by atoms with Gasteiger partial charge in [0, 0.05) is 11.5 Å². The van der Waals surface area contributed by atoms with Crippen molar-refractivity contribution in [2.75, 3.05) is 0 Å². The highest BCUT2D eigenvalue weighted by atomic mass is 127. The Hall–Kier alpha value is -0.450. The van der Waals surface area contributed by atoms with Gasteiger partial charge in [-0.05, 0) is 29.5 Å². The van der Waals surface area contributed by atoms with Crippen LogP contribution < -0.4 is 0 Å². The quantitative estimate of drug-likeness (QED) is 0.612. The molecule has 0 aromatic rings. The third-order valence-electron chi connectivity index (χ3n) is 2.33. The third-order valence-corrected chi connectivity index (χ3v) is 3.20. The Balaban J connectivity index is 2.44. The van der Waals surface area contributed by atoms with Gasteiger partial charge in [-0.3, -0.25) is 4.99 Å². The highest BCUT2D eigenvalue weighted by Crippen LogP contribution is 2.28. The molecule has 2 nitrogen and oxygen atoms in total. The molecular weight excluding hydrogens is 275 g/mol. The molecular formula is C10H11IN2. The van der Waals surface area contributed by atoms with Crippen molar-refractivity contribution in [1.82, 2.24) is 0 Å². The molecule has 2 unspecified atom stereocenters. The summed E-state index contributed by atoms with van der Waals surface area (Å²) in [4.78, 5) is 8.89. The van der Waals surface area contributed by atoms with E-state index >= 15 is 0 Å². The molecule has 0 aromatic carbocycles. The molecule has 0 N–H and O–H groups in total. The Morgan fingerprint density at radius 3 is 3.00 bits per heavy atom. The number of aliphatic imine (C=N–C) groups is 2. The summed E-state index contributed by atoms with van der Waals surface area (Å²) in [5.41, 5.74) is 1.27. The van der Waals surface area contributed by atoms with Crippen molar-refractivity contribution in [1.29, 1.82) is 0 Å². The topological polar surface area (TPSA) is 24.7 Å². The van der Waals surface area contributed by atoms with Gasteiger partial charge >= 0.3 is 0 Å². The van der Waals surface area contributed by atoms with Crippen LogP contribution in [0.3, 0.4) is 0 Å². The van der Waals surface area contributed by atoms with Crippen LogP contribution >= 0.6 is 22.6 Å². The molecule has 0 amide bonds. The van der Waals surface area contributed by atoms with Crippen molar-refractivity contribution in [3.8, 4) is 0 Å². The highest BCUT2D eigenvalue weighted by Gasteiger charge is 2.26. The lowest BCUT2D eigenvalue weighted by Gasteiger charge is -2.26. The first kappa shape index (κ1) is 9.12. The molecule has 1 aliphatic carbocycles. The van der Waals surface area contributed by atoms with Crippen molar-refractivity contribution < 1.29 is 0 Å². The maximum absolute atomic E-state index is 4.54. The average Bonchev–Trinajstić information content (AvgIpc) is 2.07. The monoisotopic (exact) mass is 286 g/mol. The molecule has 13 heavy (non-hydrogen) atoms. The third kappa shape index (κ3) is 1.61. The summed E-state index contributed by atoms with van der Waals surface area (Å²) in [5.74, 6) is 1.39. The number of fused-ring (bicyclic) bond motifs is 1. The van der Waals surface area contributed by atoms with Crippen molar-refractivity contribution in [3.63, 3.8) is 0 Å². The van der Waals surface area contributed by atoms with Gasteiger partial charge in [-0.25, -0.2) is 4.99 Å². The van der Waals surface area contributed by atoms with E-state index in [0.29, 0.717) is 12.0 Å². The van der Waals surface area contributed by atoms with Crippen molar-refractivity contribution in [2.45, 2.75) is 19.9 Å². The van der Waals surface area contributed by atoms with E-state index in [4.69, 9.17) is 0 Å². The zero-order valence-electron chi connectivity index (χ0n) is 7.66. The number of halogens is 1. The highest BCUT2D eigenvalue weighted by molar-refractivity contribution is 14.1. The minimum absolute atomic E-state index is 0.300. The van der Waals surface area contributed by atoms with Gasteiger partial charge in [0.05, 0.1) is 6.04 Å². The summed E-state index contributed by atoms with van der Waals surface area (Å²) in [7, 11) is 0. The average molecular weight is 286 g/mol. The van der Waals surface area contributed by atoms with E-state index in [1.807, 2.05) is 6.92 Å². The minimum atomic E-state index is 0.300. The van der Waals surface area contributed by atoms with Gasteiger partial charge in [-0.2, -0.15) is 0 Å². The Morgan fingerprint density at radius 2 is 2.23 bits per heavy atom. The fourth-order valence-corrected chi connectivity index (χ4v) is 2.48. The molecule has 0 fully saturated rings. The summed E-state index contributed by atoms with van der Waals surface area (Å²) >= 11 is 2.28. The molecule has 2 atom stereocenters. The summed E-state index contributed by atoms with van der Waals surface area (Å²) < 4.78 is 1.09. The predicted molar refractivity (Wildman–Crippen MR) is 64.7 cm³/mol. The lowest BCUT2D eigenvalue weighted by atomic mass is 9.90. The SMILES string of the molecule is CC1=NC2C(=CC=CC2C)C(I)=N1. The minimum Gasteiger partial charge on any atom is -0.262 e. The van der Waals surface area contributed by atoms with Gasteiger partial charge in [0.2, 0.25) is 0 Å². The maximum atomic E-state index is 4.54. The van der Waals surface area contributed by atoms with E-state index < -0.39 is 0 Å². The summed E-state index contributed by atoms with van der Waals surface area (Å²) in [6, 6.07) is 0.300. The Labute approximate surface area is 91.7 Å². The summed E-state index contributed by atoms with van der Waals surface area (Å²) in [5, 5.41) is 0. The van der Waals surface area contributed by atoms with E-state index in [1.165, 1.54) is 5.57 Å². The van der Waals surface area contributed by atoms with Crippen molar-refractivity contribution >= 4 is 32.1 Å². The van der Waals surface area contributed by atoms with Gasteiger partial charge in [-0.15, -0.1) is 0 Å². The molecule has 0 bridgehead atoms. The number of amidine groups is 1. The summed E-state index contributed by atoms with van der Waals surface area (Å²) in [6.45, 7) is 4.15. The van der Waals surface area contributed by atoms with Gasteiger partial charge < -0.3 is 0 Å². The van der Waals surface area contributed by atoms with Crippen LogP contribution in [0.25, 0.3) is 0 Å². The summed E-state index contributed by atoms with van der Waals surface area (Å²) in [6.07, 6.45) is 6.41. The molecule has 3 heteroatoms. The molecule has 2 aliphatic rings. The normalized spacial score (nSPS) is 31.8. The molecule has 1 heterocycles. The van der Waals surface area contributed by atoms with Crippen LogP contribution in [0.1, 0.15) is 13.8 Å². The molecule has 1 aliphatic heterocycles. The zero-order valence-corrected chi connectivity index (χ0v) is 9.82. The molecule has 0 radical (unpaired) electrons. The maximum Gasteiger partial charge on any atom is 0.122 e. The van der Waals surface area contributed by atoms with Crippen LogP contribution in [-0.4, -0.2) is 15.6 Å². The molecule has 68 valence electrons. The van der Waals surface area contributed by atoms with Crippen molar-refractivity contribution in [2.24, 2.45) is 15.9 Å². The second-order valence-electron chi connectivity index (χ2n) is 3.39. The number of hydrogen-bond donors (Lipinski definition) is 0. The Morgan fingerprint density at radius 1 is 1.46 bits per heavy atom. The lowest BCUT2D eigenvalue weighted by Crippen LogP contribution is -2.26. The fraction of sp³-hybridized carbons (Fsp3) is 0.400. The molecule has 0 saturated carbocycles. The molecule has 0 saturated heterocycles. The lowest BCUT2D eigenvalue weighted by molar-refractivity contribution is 0.611. The first-order valence-electron chi connectivity index (χ1n) is 4.36. The molecule has 2 rings (SSSR count). The Bertz CT molecular complexity index is 350. The standard InChI is InChI=1S/C10H11IN2/c1-6-4-3-5-8-9(6)12-7(2)13-10(8)11/h3-6,9H,1-2H3. The van der Waals surface area contributed by atoms with Crippen LogP contribution in [-0.2, 0) is 0 Å². The molecule has 0 aromatic heterocycles. The number of hydrogen-bond acceptors (Lipinski definition) is 2. The van der Waals surface area contributed by atoms with E-state index in [2.05, 4.69) is 57.7 Å². The first-order chi connectivity index (χ1) is 6.18. The smallest absolute Gasteiger partial charge is 0.122 e. The van der Waals surface area contributed by atoms with Crippen molar-refractivity contribution in [3.05, 3.63) is 23.8 Å². The number of nitrogens with zero attached hydrogens (tertiary/aromatic N) is 2. The largest absolute Gasteiger partial charge is 0.262 e. The van der Waals surface area contributed by atoms with Crippen LogP contribution in [0, 0.1) is 5.92 Å². The Kier molecular flexibility index (Phi) is 2.36. The fourth-order valence-electron chi connectivity index (χ4n) is 1.64. The van der Waals surface area contributed by atoms with Gasteiger partial charge in [0.1, 0.15) is 9.55 Å². The molecule has 0 spiro atoms. The van der Waals surface area contributed by atoms with E-state index in [-0.39, 0.29) is 0 Å². The van der Waals surface area contributed by atoms with Crippen LogP contribution in [0.5, 0.6) is 0 Å². The van der Waals surface area contributed by atoms with Crippen LogP contribution in [0.2, 0.25) is 0 Å². The van der Waals surface area contributed by atoms with Gasteiger partial charge in [-0.1, -0.05) is 25.2 Å². The van der Waals surface area contributed by atoms with Crippen LogP contribution in [0.4, 0.5) is 0 Å². The van der Waals surface area contributed by atoms with E-state index in [9.17, 15) is 0 Å². The van der Waals surface area contributed by atoms with E-state index in [0.717, 1.165) is 9.55 Å². The second kappa shape index (κ2) is 3.36. The van der Waals surface area contributed by atoms with E-state index in [1.54, 1.807) is 0 Å². The van der Waals surface area contributed by atoms with Crippen LogP contribution in [0.15, 0.2) is 33.8 Å². The second-order valence-corrected chi connectivity index (χ2v) is 4.41.